The lowest BCUT2D eigenvalue weighted by Gasteiger charge is -2.27. The lowest BCUT2D eigenvalue weighted by Crippen LogP contribution is -2.61. The maximum atomic E-state index is 13.4. The highest BCUT2D eigenvalue weighted by molar-refractivity contribution is 5.98. The number of carbonyl (C=O) groups excluding carboxylic acids is 8. The number of aliphatic carboxylic acids is 2. The van der Waals surface area contributed by atoms with Crippen LogP contribution in [-0.2, 0) is 47.9 Å². The zero-order valence-electron chi connectivity index (χ0n) is 33.9. The molecule has 0 aliphatic carbocycles. The van der Waals surface area contributed by atoms with Gasteiger partial charge in [-0.2, -0.15) is 0 Å². The van der Waals surface area contributed by atoms with Crippen molar-refractivity contribution in [2.45, 2.75) is 128 Å². The molecule has 0 spiro atoms. The van der Waals surface area contributed by atoms with Crippen molar-refractivity contribution in [3.05, 3.63) is 0 Å². The highest BCUT2D eigenvalue weighted by atomic mass is 16.4. The minimum atomic E-state index is -1.75. The Kier molecular flexibility index (Phi) is 24.7. The van der Waals surface area contributed by atoms with Crippen molar-refractivity contribution in [3.8, 4) is 0 Å². The van der Waals surface area contributed by atoms with Gasteiger partial charge in [-0.15, -0.1) is 0 Å². The van der Waals surface area contributed by atoms with E-state index in [1.807, 2.05) is 0 Å². The number of aliphatic hydroxyl groups is 2. The van der Waals surface area contributed by atoms with E-state index in [0.29, 0.717) is 19.4 Å². The summed E-state index contributed by atoms with van der Waals surface area (Å²) in [5.41, 5.74) is 16.3. The van der Waals surface area contributed by atoms with Gasteiger partial charge in [0, 0.05) is 6.42 Å². The van der Waals surface area contributed by atoms with Gasteiger partial charge >= 0.3 is 11.9 Å². The molecule has 24 nitrogen and oxygen atoms in total. The van der Waals surface area contributed by atoms with Crippen LogP contribution in [0.3, 0.4) is 0 Å². The summed E-state index contributed by atoms with van der Waals surface area (Å²) in [5, 5.41) is 54.5. The molecule has 0 saturated heterocycles. The first-order valence-corrected chi connectivity index (χ1v) is 19.0. The minimum Gasteiger partial charge on any atom is -0.481 e. The summed E-state index contributed by atoms with van der Waals surface area (Å²) in [6, 6.07) is -11.8. The first kappa shape index (κ1) is 53.5. The number of nitrogens with one attached hydrogen (secondary N) is 7. The fraction of sp³-hybridized carbons (Fsp3) is 0.714. The van der Waals surface area contributed by atoms with Gasteiger partial charge in [0.05, 0.1) is 25.7 Å². The van der Waals surface area contributed by atoms with Gasteiger partial charge in [-0.05, 0) is 51.0 Å². The zero-order valence-corrected chi connectivity index (χ0v) is 33.9. The molecule has 0 saturated carbocycles. The number of carbonyl (C=O) groups is 10. The topological polar surface area (TPSA) is 414 Å². The van der Waals surface area contributed by atoms with E-state index in [4.69, 9.17) is 17.2 Å². The second-order valence-corrected chi connectivity index (χ2v) is 14.6. The number of hydrogen-bond acceptors (Lipinski definition) is 14. The molecule has 0 aromatic rings. The van der Waals surface area contributed by atoms with Crippen molar-refractivity contribution < 1.29 is 68.4 Å². The summed E-state index contributed by atoms with van der Waals surface area (Å²) < 4.78 is 0. The quantitative estimate of drug-likeness (QED) is 0.0312. The number of nitrogens with two attached hydrogens (primary N) is 3. The standard InChI is InChI=1S/C35H62N10O14/c1-16(2)12-21(41-28(51)18(5)39-30(53)22(13-26(49)50)42-29(52)19(37)8-6-7-11-36)31(54)43-23(14-46)32(55)44-24(15-47)33(56)45-27(17(3)4)34(57)40-20(35(58)59)9-10-25(38)48/h16-24,27,46-47H,6-15,36-37H2,1-5H3,(H2,38,48)(H,39,53)(H,40,57)(H,41,51)(H,42,52)(H,43,54)(H,44,55)(H,45,56)(H,49,50)(H,58,59)/t18-,19-,20-,21-,22-,23-,24-,27-/m0/s1. The number of primary amides is 1. The van der Waals surface area contributed by atoms with Crippen molar-refractivity contribution in [2.75, 3.05) is 19.8 Å². The van der Waals surface area contributed by atoms with Crippen molar-refractivity contribution in [1.29, 1.82) is 0 Å². The first-order valence-electron chi connectivity index (χ1n) is 19.0. The van der Waals surface area contributed by atoms with E-state index in [1.165, 1.54) is 20.8 Å². The van der Waals surface area contributed by atoms with Gasteiger partial charge in [0.25, 0.3) is 0 Å². The molecule has 336 valence electrons. The summed E-state index contributed by atoms with van der Waals surface area (Å²) in [5.74, 6) is -11.6. The monoisotopic (exact) mass is 846 g/mol. The molecule has 17 N–H and O–H groups in total. The van der Waals surface area contributed by atoms with Gasteiger partial charge in [0.2, 0.25) is 47.3 Å². The maximum Gasteiger partial charge on any atom is 0.326 e. The van der Waals surface area contributed by atoms with E-state index in [9.17, 15) is 68.4 Å². The fourth-order valence-corrected chi connectivity index (χ4v) is 5.21. The average Bonchev–Trinajstić information content (AvgIpc) is 3.14. The van der Waals surface area contributed by atoms with Crippen LogP contribution in [0.2, 0.25) is 0 Å². The Morgan fingerprint density at radius 1 is 0.559 bits per heavy atom. The van der Waals surface area contributed by atoms with Crippen LogP contribution < -0.4 is 54.4 Å². The van der Waals surface area contributed by atoms with Gasteiger partial charge in [-0.3, -0.25) is 43.2 Å². The number of hydrogen-bond donors (Lipinski definition) is 14. The van der Waals surface area contributed by atoms with Crippen molar-refractivity contribution in [2.24, 2.45) is 29.0 Å². The van der Waals surface area contributed by atoms with Crippen molar-refractivity contribution in [3.63, 3.8) is 0 Å². The Hall–Kier alpha value is -5.46. The molecule has 8 atom stereocenters. The van der Waals surface area contributed by atoms with E-state index in [-0.39, 0.29) is 31.6 Å². The van der Waals surface area contributed by atoms with Crippen LogP contribution in [0.25, 0.3) is 0 Å². The van der Waals surface area contributed by atoms with Gasteiger partial charge in [-0.1, -0.05) is 34.1 Å². The predicted octanol–water partition coefficient (Wildman–Crippen LogP) is -5.63. The van der Waals surface area contributed by atoms with Crippen LogP contribution in [0.1, 0.15) is 79.6 Å². The average molecular weight is 847 g/mol. The molecule has 59 heavy (non-hydrogen) atoms. The molecule has 0 aliphatic rings. The molecule has 8 amide bonds. The molecule has 0 fully saturated rings. The van der Waals surface area contributed by atoms with Gasteiger partial charge in [-0.25, -0.2) is 4.79 Å². The summed E-state index contributed by atoms with van der Waals surface area (Å²) in [6.45, 7) is 5.96. The van der Waals surface area contributed by atoms with Crippen LogP contribution in [0.15, 0.2) is 0 Å². The second-order valence-electron chi connectivity index (χ2n) is 14.6. The summed E-state index contributed by atoms with van der Waals surface area (Å²) >= 11 is 0. The van der Waals surface area contributed by atoms with Crippen LogP contribution >= 0.6 is 0 Å². The normalized spacial score (nSPS) is 15.2. The number of rotatable bonds is 29. The Bertz CT molecular complexity index is 1480. The Labute approximate surface area is 341 Å². The summed E-state index contributed by atoms with van der Waals surface area (Å²) in [4.78, 5) is 125. The minimum absolute atomic E-state index is 0.0245. The van der Waals surface area contributed by atoms with Crippen LogP contribution in [0.4, 0.5) is 0 Å². The van der Waals surface area contributed by atoms with Gasteiger partial charge in [0.15, 0.2) is 0 Å². The number of unbranched alkanes of at least 4 members (excludes halogenated alkanes) is 1. The third kappa shape index (κ3) is 20.7. The number of carboxylic acids is 2. The van der Waals surface area contributed by atoms with Gasteiger partial charge < -0.3 is 74.8 Å². The number of carboxylic acid groups (broad SMARTS) is 2. The lowest BCUT2D eigenvalue weighted by molar-refractivity contribution is -0.143. The first-order chi connectivity index (χ1) is 27.5. The van der Waals surface area contributed by atoms with E-state index < -0.39 is 133 Å². The largest absolute Gasteiger partial charge is 0.481 e. The molecule has 0 rings (SSSR count). The highest BCUT2D eigenvalue weighted by Crippen LogP contribution is 2.08. The molecule has 0 radical (unpaired) electrons. The molecule has 0 aromatic carbocycles. The van der Waals surface area contributed by atoms with E-state index >= 15 is 0 Å². The van der Waals surface area contributed by atoms with Crippen LogP contribution in [-0.4, -0.2) is 148 Å². The number of amides is 8. The van der Waals surface area contributed by atoms with Crippen molar-refractivity contribution in [1.82, 2.24) is 37.2 Å². The van der Waals surface area contributed by atoms with Crippen LogP contribution in [0, 0.1) is 11.8 Å². The SMILES string of the molecule is CC(C)C[C@H](NC(=O)[C@H](C)NC(=O)[C@H](CC(=O)O)NC(=O)[C@@H](N)CCCCN)C(=O)N[C@@H](CO)C(=O)N[C@@H](CO)C(=O)N[C@H](C(=O)N[C@@H](CCC(N)=O)C(=O)O)C(C)C. The molecule has 0 aromatic heterocycles. The third-order valence-electron chi connectivity index (χ3n) is 8.58. The van der Waals surface area contributed by atoms with Crippen molar-refractivity contribution >= 4 is 59.2 Å². The molecule has 0 unspecified atom stereocenters. The van der Waals surface area contributed by atoms with E-state index in [1.54, 1.807) is 13.8 Å². The fourth-order valence-electron chi connectivity index (χ4n) is 5.21. The zero-order chi connectivity index (χ0) is 45.6. The summed E-state index contributed by atoms with van der Waals surface area (Å²) in [6.07, 6.45) is -0.241. The smallest absolute Gasteiger partial charge is 0.326 e. The Morgan fingerprint density at radius 2 is 1.03 bits per heavy atom. The Morgan fingerprint density at radius 3 is 1.49 bits per heavy atom. The second kappa shape index (κ2) is 27.3. The van der Waals surface area contributed by atoms with Gasteiger partial charge in [0.1, 0.15) is 42.3 Å². The predicted molar refractivity (Wildman–Crippen MR) is 207 cm³/mol. The summed E-state index contributed by atoms with van der Waals surface area (Å²) in [7, 11) is 0. The third-order valence-corrected chi connectivity index (χ3v) is 8.58. The van der Waals surface area contributed by atoms with Crippen LogP contribution in [0.5, 0.6) is 0 Å². The van der Waals surface area contributed by atoms with E-state index in [2.05, 4.69) is 37.2 Å². The molecule has 0 heterocycles. The van der Waals surface area contributed by atoms with E-state index in [0.717, 1.165) is 0 Å². The maximum absolute atomic E-state index is 13.4. The number of aliphatic hydroxyl groups excluding tert-OH is 2. The highest BCUT2D eigenvalue weighted by Gasteiger charge is 2.34. The molecule has 0 bridgehead atoms. The lowest BCUT2D eigenvalue weighted by atomic mass is 10.0. The molecular weight excluding hydrogens is 784 g/mol. The molecule has 24 heteroatoms. The Balaban J connectivity index is 5.78. The molecular formula is C35H62N10O14. The molecule has 0 aliphatic heterocycles.